The van der Waals surface area contributed by atoms with Gasteiger partial charge in [0.1, 0.15) is 0 Å². The summed E-state index contributed by atoms with van der Waals surface area (Å²) in [4.78, 5) is 0. The Balaban J connectivity index is 0. The van der Waals surface area contributed by atoms with Crippen LogP contribution in [0.2, 0.25) is 0 Å². The minimum absolute atomic E-state index is 0. The summed E-state index contributed by atoms with van der Waals surface area (Å²) in [6, 6.07) is 0. The van der Waals surface area contributed by atoms with E-state index in [2.05, 4.69) is 6.58 Å². The second-order valence-electron chi connectivity index (χ2n) is 0.471. The third-order valence-electron chi connectivity index (χ3n) is 0.129. The fourth-order valence-corrected chi connectivity index (χ4v) is 0. The van der Waals surface area contributed by atoms with Crippen molar-refractivity contribution in [3.05, 3.63) is 12.7 Å². The SMILES string of the molecule is C=CCO.[CaH2]. The van der Waals surface area contributed by atoms with Gasteiger partial charge in [0.15, 0.2) is 0 Å². The van der Waals surface area contributed by atoms with E-state index in [0.717, 1.165) is 0 Å². The Kier molecular flexibility index (Phi) is 16.6. The summed E-state index contributed by atoms with van der Waals surface area (Å²) >= 11 is 0. The third-order valence-corrected chi connectivity index (χ3v) is 0.129. The molecule has 2 heteroatoms. The zero-order chi connectivity index (χ0) is 3.41. The molecule has 5 heavy (non-hydrogen) atoms. The van der Waals surface area contributed by atoms with Crippen LogP contribution in [0.15, 0.2) is 12.7 Å². The van der Waals surface area contributed by atoms with E-state index in [4.69, 9.17) is 5.11 Å². The van der Waals surface area contributed by atoms with E-state index in [1.54, 1.807) is 0 Å². The fraction of sp³-hybridized carbons (Fsp3) is 0.333. The molecule has 0 heterocycles. The average Bonchev–Trinajstić information content (AvgIpc) is 1.37. The van der Waals surface area contributed by atoms with Gasteiger partial charge in [-0.25, -0.2) is 0 Å². The summed E-state index contributed by atoms with van der Waals surface area (Å²) in [7, 11) is 0. The summed E-state index contributed by atoms with van der Waals surface area (Å²) in [6.07, 6.45) is 1.43. The first-order valence-electron chi connectivity index (χ1n) is 1.13. The van der Waals surface area contributed by atoms with Gasteiger partial charge in [0.05, 0.1) is 6.61 Å². The molecule has 28 valence electrons. The Labute approximate surface area is 61.7 Å². The first-order chi connectivity index (χ1) is 1.91. The van der Waals surface area contributed by atoms with Crippen molar-refractivity contribution in [1.29, 1.82) is 0 Å². The van der Waals surface area contributed by atoms with E-state index >= 15 is 0 Å². The van der Waals surface area contributed by atoms with Gasteiger partial charge in [0.2, 0.25) is 0 Å². The van der Waals surface area contributed by atoms with Crippen LogP contribution in [0, 0.1) is 0 Å². The van der Waals surface area contributed by atoms with Crippen molar-refractivity contribution in [1.82, 2.24) is 0 Å². The fourth-order valence-electron chi connectivity index (χ4n) is 0. The summed E-state index contributed by atoms with van der Waals surface area (Å²) in [5, 5.41) is 7.76. The van der Waals surface area contributed by atoms with Crippen LogP contribution >= 0.6 is 0 Å². The second-order valence-corrected chi connectivity index (χ2v) is 0.471. The van der Waals surface area contributed by atoms with Crippen molar-refractivity contribution in [2.45, 2.75) is 0 Å². The topological polar surface area (TPSA) is 20.2 Å². The van der Waals surface area contributed by atoms with Crippen molar-refractivity contribution in [2.75, 3.05) is 6.61 Å². The molecule has 0 aliphatic rings. The molecule has 0 aromatic heterocycles. The molecular weight excluding hydrogens is 92.1 g/mol. The Hall–Kier alpha value is 0.960. The van der Waals surface area contributed by atoms with Gasteiger partial charge in [0, 0.05) is 0 Å². The first-order valence-corrected chi connectivity index (χ1v) is 1.13. The second kappa shape index (κ2) is 8.88. The van der Waals surface area contributed by atoms with Crippen LogP contribution in [-0.2, 0) is 0 Å². The van der Waals surface area contributed by atoms with E-state index < -0.39 is 0 Å². The van der Waals surface area contributed by atoms with Crippen molar-refractivity contribution in [2.24, 2.45) is 0 Å². The van der Waals surface area contributed by atoms with E-state index in [9.17, 15) is 0 Å². The molecular formula is C3H8CaO. The van der Waals surface area contributed by atoms with Gasteiger partial charge in [-0.05, 0) is 0 Å². The summed E-state index contributed by atoms with van der Waals surface area (Å²) in [5.41, 5.74) is 0. The quantitative estimate of drug-likeness (QED) is 0.339. The molecule has 0 fully saturated rings. The van der Waals surface area contributed by atoms with Crippen LogP contribution in [0.3, 0.4) is 0 Å². The van der Waals surface area contributed by atoms with Gasteiger partial charge in [-0.3, -0.25) is 0 Å². The number of aliphatic hydroxyl groups is 1. The number of aliphatic hydroxyl groups excluding tert-OH is 1. The summed E-state index contributed by atoms with van der Waals surface area (Å²) in [6.45, 7) is 3.31. The molecule has 0 radical (unpaired) electrons. The number of hydrogen-bond acceptors (Lipinski definition) is 1. The molecule has 0 unspecified atom stereocenters. The van der Waals surface area contributed by atoms with Crippen LogP contribution in [0.1, 0.15) is 0 Å². The predicted octanol–water partition coefficient (Wildman–Crippen LogP) is -0.752. The van der Waals surface area contributed by atoms with Gasteiger partial charge in [-0.15, -0.1) is 6.58 Å². The molecule has 1 N–H and O–H groups in total. The monoisotopic (exact) mass is 100 g/mol. The van der Waals surface area contributed by atoms with Crippen molar-refractivity contribution in [3.63, 3.8) is 0 Å². The van der Waals surface area contributed by atoms with Gasteiger partial charge < -0.3 is 5.11 Å². The molecule has 0 spiro atoms. The van der Waals surface area contributed by atoms with Crippen LogP contribution < -0.4 is 0 Å². The van der Waals surface area contributed by atoms with Gasteiger partial charge >= 0.3 is 37.7 Å². The van der Waals surface area contributed by atoms with E-state index in [0.29, 0.717) is 0 Å². The van der Waals surface area contributed by atoms with Crippen LogP contribution in [-0.4, -0.2) is 49.5 Å². The van der Waals surface area contributed by atoms with Crippen LogP contribution in [0.25, 0.3) is 0 Å². The normalized spacial score (nSPS) is 5.00. The van der Waals surface area contributed by atoms with E-state index in [-0.39, 0.29) is 44.3 Å². The Bertz CT molecular complexity index is 20.9. The van der Waals surface area contributed by atoms with E-state index in [1.165, 1.54) is 6.08 Å². The molecule has 0 rings (SSSR count). The van der Waals surface area contributed by atoms with Crippen molar-refractivity contribution < 1.29 is 5.11 Å². The molecule has 0 aromatic rings. The number of hydrogen-bond donors (Lipinski definition) is 1. The molecule has 0 aliphatic heterocycles. The molecule has 0 saturated heterocycles. The minimum atomic E-state index is 0. The molecule has 0 saturated carbocycles. The maximum atomic E-state index is 7.76. The molecule has 0 aliphatic carbocycles. The standard InChI is InChI=1S/C3H6O.Ca.2H/c1-2-3-4;;;/h2,4H,1,3H2;;;. The van der Waals surface area contributed by atoms with Crippen molar-refractivity contribution in [3.8, 4) is 0 Å². The Morgan fingerprint density at radius 3 is 2.00 bits per heavy atom. The van der Waals surface area contributed by atoms with Gasteiger partial charge in [-0.2, -0.15) is 0 Å². The molecule has 0 aromatic carbocycles. The van der Waals surface area contributed by atoms with Gasteiger partial charge in [-0.1, -0.05) is 6.08 Å². The zero-order valence-electron chi connectivity index (χ0n) is 2.44. The molecule has 1 nitrogen and oxygen atoms in total. The molecule has 0 bridgehead atoms. The summed E-state index contributed by atoms with van der Waals surface area (Å²) in [5.74, 6) is 0. The van der Waals surface area contributed by atoms with Crippen LogP contribution in [0.4, 0.5) is 0 Å². The average molecular weight is 100 g/mol. The van der Waals surface area contributed by atoms with E-state index in [1.807, 2.05) is 0 Å². The molecule has 0 amide bonds. The number of rotatable bonds is 1. The van der Waals surface area contributed by atoms with Crippen molar-refractivity contribution >= 4 is 37.7 Å². The third kappa shape index (κ3) is 11.3. The van der Waals surface area contributed by atoms with Crippen LogP contribution in [0.5, 0.6) is 0 Å². The maximum absolute atomic E-state index is 7.76. The predicted molar refractivity (Wildman–Crippen MR) is 25.8 cm³/mol. The van der Waals surface area contributed by atoms with Gasteiger partial charge in [0.25, 0.3) is 0 Å². The Morgan fingerprint density at radius 1 is 1.80 bits per heavy atom. The molecule has 0 atom stereocenters. The zero-order valence-corrected chi connectivity index (χ0v) is 2.44. The first kappa shape index (κ1) is 9.35. The summed E-state index contributed by atoms with van der Waals surface area (Å²) < 4.78 is 0. The Morgan fingerprint density at radius 2 is 2.00 bits per heavy atom.